The first-order chi connectivity index (χ1) is 12.2. The Morgan fingerprint density at radius 1 is 1.40 bits per heavy atom. The van der Waals surface area contributed by atoms with Gasteiger partial charge >= 0.3 is 5.97 Å². The minimum Gasteiger partial charge on any atom is -0.456 e. The molecule has 0 aliphatic carbocycles. The molecule has 0 radical (unpaired) electrons. The molecule has 3 fully saturated rings. The van der Waals surface area contributed by atoms with Gasteiger partial charge in [-0.1, -0.05) is 24.3 Å². The van der Waals surface area contributed by atoms with E-state index in [-0.39, 0.29) is 18.1 Å². The van der Waals surface area contributed by atoms with Gasteiger partial charge in [-0.05, 0) is 43.4 Å². The molecule has 2 aromatic rings. The Hall–Kier alpha value is -2.20. The van der Waals surface area contributed by atoms with E-state index >= 15 is 0 Å². The number of pyridine rings is 1. The highest BCUT2D eigenvalue weighted by Gasteiger charge is 2.44. The smallest absolute Gasteiger partial charge is 0.303 e. The summed E-state index contributed by atoms with van der Waals surface area (Å²) in [6.45, 7) is 7.58. The molecule has 0 N–H and O–H groups in total. The third-order valence-corrected chi connectivity index (χ3v) is 5.79. The van der Waals surface area contributed by atoms with Gasteiger partial charge in [0.25, 0.3) is 0 Å². The van der Waals surface area contributed by atoms with Crippen LogP contribution in [0.1, 0.15) is 31.4 Å². The minimum atomic E-state index is -0.251. The molecule has 0 saturated carbocycles. The van der Waals surface area contributed by atoms with Crippen LogP contribution in [0.15, 0.2) is 49.2 Å². The van der Waals surface area contributed by atoms with Crippen molar-refractivity contribution >= 4 is 16.9 Å². The number of nitrogens with zero attached hydrogens (tertiary/aromatic N) is 2. The van der Waals surface area contributed by atoms with Crippen molar-refractivity contribution in [1.29, 1.82) is 0 Å². The molecule has 1 aromatic carbocycles. The van der Waals surface area contributed by atoms with E-state index in [0.717, 1.165) is 36.0 Å². The van der Waals surface area contributed by atoms with Crippen molar-refractivity contribution in [3.63, 3.8) is 0 Å². The number of para-hydroxylation sites is 1. The first-order valence-corrected chi connectivity index (χ1v) is 9.05. The lowest BCUT2D eigenvalue weighted by Crippen LogP contribution is -2.55. The van der Waals surface area contributed by atoms with Crippen LogP contribution in [0.3, 0.4) is 0 Å². The van der Waals surface area contributed by atoms with E-state index in [2.05, 4.69) is 28.6 Å². The topological polar surface area (TPSA) is 42.4 Å². The van der Waals surface area contributed by atoms with Crippen LogP contribution >= 0.6 is 0 Å². The number of esters is 1. The molecule has 5 rings (SSSR count). The molecular formula is C21H24N2O2. The number of fused-ring (bicyclic) bond motifs is 4. The van der Waals surface area contributed by atoms with Gasteiger partial charge in [0, 0.05) is 30.6 Å². The number of ether oxygens (including phenoxy) is 1. The zero-order valence-electron chi connectivity index (χ0n) is 14.6. The lowest BCUT2D eigenvalue weighted by Gasteiger charge is -2.51. The van der Waals surface area contributed by atoms with Crippen molar-refractivity contribution in [2.75, 3.05) is 13.1 Å². The lowest BCUT2D eigenvalue weighted by molar-refractivity contribution is -0.154. The summed E-state index contributed by atoms with van der Waals surface area (Å²) in [4.78, 5) is 18.8. The standard InChI is InChI=1S/C21H24N2O2/c1-3-15-13-23-11-9-16(15)12-20(23)21(25-14(2)24)18-8-10-22-19-7-5-4-6-17(18)19/h3-8,10,15-16,20-21H,1,9,11-13H2,2H3/t15?,16?,20-,21+/m1/s1. The third kappa shape index (κ3) is 2.95. The van der Waals surface area contributed by atoms with Crippen LogP contribution in [0.4, 0.5) is 0 Å². The number of aromatic nitrogens is 1. The molecule has 4 heteroatoms. The zero-order chi connectivity index (χ0) is 17.4. The SMILES string of the molecule is C=CC1CN2CCC1C[C@@H]2[C@@H](OC(C)=O)c1ccnc2ccccc12. The molecule has 3 saturated heterocycles. The maximum absolute atomic E-state index is 11.9. The van der Waals surface area contributed by atoms with Gasteiger partial charge in [-0.25, -0.2) is 0 Å². The summed E-state index contributed by atoms with van der Waals surface area (Å²) in [5.41, 5.74) is 2.01. The van der Waals surface area contributed by atoms with Gasteiger partial charge in [-0.2, -0.15) is 0 Å². The number of carbonyl (C=O) groups is 1. The van der Waals surface area contributed by atoms with E-state index in [0.29, 0.717) is 11.8 Å². The van der Waals surface area contributed by atoms with Gasteiger partial charge in [-0.15, -0.1) is 6.58 Å². The maximum atomic E-state index is 11.9. The quantitative estimate of drug-likeness (QED) is 0.630. The monoisotopic (exact) mass is 336 g/mol. The van der Waals surface area contributed by atoms with Crippen LogP contribution < -0.4 is 0 Å². The first-order valence-electron chi connectivity index (χ1n) is 9.05. The van der Waals surface area contributed by atoms with Crippen LogP contribution in [-0.4, -0.2) is 35.0 Å². The molecule has 4 nitrogen and oxygen atoms in total. The van der Waals surface area contributed by atoms with Crippen molar-refractivity contribution in [1.82, 2.24) is 9.88 Å². The molecule has 4 heterocycles. The molecule has 0 spiro atoms. The van der Waals surface area contributed by atoms with Crippen molar-refractivity contribution < 1.29 is 9.53 Å². The van der Waals surface area contributed by atoms with E-state index in [1.807, 2.05) is 30.5 Å². The van der Waals surface area contributed by atoms with Gasteiger partial charge in [0.2, 0.25) is 0 Å². The second-order valence-corrected chi connectivity index (χ2v) is 7.19. The third-order valence-electron chi connectivity index (χ3n) is 5.79. The fourth-order valence-corrected chi connectivity index (χ4v) is 4.59. The molecule has 130 valence electrons. The molecule has 1 aromatic heterocycles. The number of piperidine rings is 3. The predicted octanol–water partition coefficient (Wildman–Crippen LogP) is 3.74. The number of carbonyl (C=O) groups excluding carboxylic acids is 1. The Balaban J connectivity index is 1.74. The predicted molar refractivity (Wildman–Crippen MR) is 98.0 cm³/mol. The van der Waals surface area contributed by atoms with Crippen molar-refractivity contribution in [3.05, 3.63) is 54.7 Å². The van der Waals surface area contributed by atoms with Crippen LogP contribution in [-0.2, 0) is 9.53 Å². The van der Waals surface area contributed by atoms with Crippen molar-refractivity contribution in [2.24, 2.45) is 11.8 Å². The van der Waals surface area contributed by atoms with Gasteiger partial charge < -0.3 is 4.74 Å². The second-order valence-electron chi connectivity index (χ2n) is 7.19. The maximum Gasteiger partial charge on any atom is 0.303 e. The Bertz CT molecular complexity index is 798. The summed E-state index contributed by atoms with van der Waals surface area (Å²) >= 11 is 0. The summed E-state index contributed by atoms with van der Waals surface area (Å²) in [7, 11) is 0. The lowest BCUT2D eigenvalue weighted by atomic mass is 9.73. The number of hydrogen-bond acceptors (Lipinski definition) is 4. The summed E-state index contributed by atoms with van der Waals surface area (Å²) in [6, 6.07) is 10.3. The van der Waals surface area contributed by atoms with Gasteiger partial charge in [0.1, 0.15) is 6.10 Å². The van der Waals surface area contributed by atoms with E-state index in [1.165, 1.54) is 13.3 Å². The number of hydrogen-bond donors (Lipinski definition) is 0. The van der Waals surface area contributed by atoms with Gasteiger partial charge in [0.15, 0.2) is 0 Å². The van der Waals surface area contributed by atoms with E-state index in [4.69, 9.17) is 4.74 Å². The van der Waals surface area contributed by atoms with E-state index in [1.54, 1.807) is 0 Å². The molecule has 5 atom stereocenters. The van der Waals surface area contributed by atoms with Crippen LogP contribution in [0.2, 0.25) is 0 Å². The van der Waals surface area contributed by atoms with Gasteiger partial charge in [-0.3, -0.25) is 14.7 Å². The number of rotatable bonds is 4. The summed E-state index contributed by atoms with van der Waals surface area (Å²) in [5.74, 6) is 0.963. The second kappa shape index (κ2) is 6.60. The summed E-state index contributed by atoms with van der Waals surface area (Å²) in [5, 5.41) is 1.07. The Morgan fingerprint density at radius 2 is 2.24 bits per heavy atom. The first kappa shape index (κ1) is 16.3. The molecule has 2 bridgehead atoms. The van der Waals surface area contributed by atoms with E-state index in [9.17, 15) is 4.79 Å². The van der Waals surface area contributed by atoms with Gasteiger partial charge in [0.05, 0.1) is 11.6 Å². The highest BCUT2D eigenvalue weighted by atomic mass is 16.5. The molecular weight excluding hydrogens is 312 g/mol. The largest absolute Gasteiger partial charge is 0.456 e. The number of benzene rings is 1. The summed E-state index contributed by atoms with van der Waals surface area (Å²) in [6.07, 6.45) is 5.91. The van der Waals surface area contributed by atoms with Crippen molar-refractivity contribution in [3.8, 4) is 0 Å². The molecule has 3 aliphatic rings. The molecule has 3 aliphatic heterocycles. The average Bonchev–Trinajstić information content (AvgIpc) is 2.66. The Labute approximate surface area is 148 Å². The molecule has 25 heavy (non-hydrogen) atoms. The minimum absolute atomic E-state index is 0.227. The fourth-order valence-electron chi connectivity index (χ4n) is 4.59. The van der Waals surface area contributed by atoms with E-state index < -0.39 is 0 Å². The molecule has 3 unspecified atom stereocenters. The molecule has 0 amide bonds. The van der Waals surface area contributed by atoms with Crippen LogP contribution in [0.5, 0.6) is 0 Å². The van der Waals surface area contributed by atoms with Crippen LogP contribution in [0, 0.1) is 11.8 Å². The average molecular weight is 336 g/mol. The van der Waals surface area contributed by atoms with Crippen LogP contribution in [0.25, 0.3) is 10.9 Å². The van der Waals surface area contributed by atoms with Crippen molar-refractivity contribution in [2.45, 2.75) is 31.9 Å². The Morgan fingerprint density at radius 3 is 2.96 bits per heavy atom. The highest BCUT2D eigenvalue weighted by molar-refractivity contribution is 5.82. The fraction of sp³-hybridized carbons (Fsp3) is 0.429. The normalized spacial score (nSPS) is 29.3. The zero-order valence-corrected chi connectivity index (χ0v) is 14.6. The Kier molecular flexibility index (Phi) is 4.30. The summed E-state index contributed by atoms with van der Waals surface area (Å²) < 4.78 is 5.87. The highest BCUT2D eigenvalue weighted by Crippen LogP contribution is 2.43.